The summed E-state index contributed by atoms with van der Waals surface area (Å²) < 4.78 is 12.2. The first kappa shape index (κ1) is 51.5. The first-order valence-corrected chi connectivity index (χ1v) is 25.3. The summed E-state index contributed by atoms with van der Waals surface area (Å²) in [7, 11) is 0. The Morgan fingerprint density at radius 2 is 1.74 bits per heavy atom. The van der Waals surface area contributed by atoms with Gasteiger partial charge in [-0.2, -0.15) is 0 Å². The van der Waals surface area contributed by atoms with E-state index in [-0.39, 0.29) is 72.2 Å². The second-order valence-corrected chi connectivity index (χ2v) is 22.7. The molecule has 2 aliphatic carbocycles. The number of Topliss-reactive ketones (excluding diaryl/α,β-unsaturated/α-hetero) is 2. The van der Waals surface area contributed by atoms with Gasteiger partial charge in [0.2, 0.25) is 11.6 Å². The molecule has 3 aromatic carbocycles. The van der Waals surface area contributed by atoms with Crippen LogP contribution in [0.25, 0.3) is 15.3 Å². The van der Waals surface area contributed by atoms with Gasteiger partial charge in [0.05, 0.1) is 39.8 Å². The number of carbonyl (C=O) groups excluding carboxylic acids is 4. The van der Waals surface area contributed by atoms with Crippen LogP contribution in [-0.4, -0.2) is 75.9 Å². The molecule has 2 amide bonds. The van der Waals surface area contributed by atoms with Crippen LogP contribution >= 0.6 is 22.9 Å². The summed E-state index contributed by atoms with van der Waals surface area (Å²) in [6, 6.07) is 18.2. The summed E-state index contributed by atoms with van der Waals surface area (Å²) in [5, 5.41) is 14.0. The van der Waals surface area contributed by atoms with Crippen LogP contribution in [0.3, 0.4) is 0 Å². The van der Waals surface area contributed by atoms with Crippen LogP contribution in [0.2, 0.25) is 5.02 Å². The van der Waals surface area contributed by atoms with Crippen molar-refractivity contribution >= 4 is 52.0 Å². The van der Waals surface area contributed by atoms with Gasteiger partial charge in [0.15, 0.2) is 5.78 Å². The molecule has 11 nitrogen and oxygen atoms in total. The highest BCUT2D eigenvalue weighted by molar-refractivity contribution is 7.13. The molecule has 2 saturated carbocycles. The molecule has 364 valence electrons. The van der Waals surface area contributed by atoms with Crippen LogP contribution in [0.1, 0.15) is 133 Å². The van der Waals surface area contributed by atoms with E-state index < -0.39 is 35.3 Å². The van der Waals surface area contributed by atoms with Crippen molar-refractivity contribution in [1.29, 1.82) is 0 Å². The number of carbonyl (C=O) groups is 4. The van der Waals surface area contributed by atoms with Gasteiger partial charge in [-0.25, -0.2) is 9.83 Å². The molecule has 2 unspecified atom stereocenters. The van der Waals surface area contributed by atoms with E-state index in [2.05, 4.69) is 66.8 Å². The third-order valence-electron chi connectivity index (χ3n) is 14.4. The fourth-order valence-electron chi connectivity index (χ4n) is 11.3. The number of ether oxygens (including phenoxy) is 2. The van der Waals surface area contributed by atoms with Crippen molar-refractivity contribution in [1.82, 2.24) is 15.2 Å². The number of ketones is 2. The summed E-state index contributed by atoms with van der Waals surface area (Å²) in [5.74, 6) is 4.94. The van der Waals surface area contributed by atoms with E-state index in [0.29, 0.717) is 48.0 Å². The van der Waals surface area contributed by atoms with Crippen LogP contribution in [0.5, 0.6) is 5.75 Å². The van der Waals surface area contributed by atoms with Crippen LogP contribution in [0.4, 0.5) is 5.69 Å². The van der Waals surface area contributed by atoms with Gasteiger partial charge >= 0.3 is 0 Å². The van der Waals surface area contributed by atoms with E-state index in [4.69, 9.17) is 27.6 Å². The molecular formula is C56H65ClN4O7S. The normalized spacial score (nSPS) is 22.1. The first-order chi connectivity index (χ1) is 32.6. The zero-order valence-electron chi connectivity index (χ0n) is 41.3. The van der Waals surface area contributed by atoms with E-state index in [1.807, 2.05) is 75.4 Å². The third-order valence-corrected chi connectivity index (χ3v) is 15.7. The Hall–Kier alpha value is -5.37. The number of hydrogen-bond donors (Lipinski definition) is 2. The van der Waals surface area contributed by atoms with Gasteiger partial charge in [-0.05, 0) is 84.9 Å². The van der Waals surface area contributed by atoms with Gasteiger partial charge in [-0.3, -0.25) is 19.2 Å². The molecule has 13 heteroatoms. The Labute approximate surface area is 416 Å². The molecule has 2 fully saturated rings. The summed E-state index contributed by atoms with van der Waals surface area (Å²) in [6.07, 6.45) is 1.74. The van der Waals surface area contributed by atoms with E-state index in [1.54, 1.807) is 29.5 Å². The lowest BCUT2D eigenvalue weighted by atomic mass is 9.49. The highest BCUT2D eigenvalue weighted by Crippen LogP contribution is 2.59. The fraction of sp³-hybridized carbons (Fsp3) is 0.500. The molecule has 0 bridgehead atoms. The lowest BCUT2D eigenvalue weighted by molar-refractivity contribution is -0.199. The summed E-state index contributed by atoms with van der Waals surface area (Å²) >= 11 is 7.89. The number of thiazole rings is 1. The van der Waals surface area contributed by atoms with Gasteiger partial charge in [0.1, 0.15) is 24.2 Å². The van der Waals surface area contributed by atoms with Crippen molar-refractivity contribution in [3.05, 3.63) is 111 Å². The lowest BCUT2D eigenvalue weighted by Gasteiger charge is -2.65. The molecule has 5 atom stereocenters. The van der Waals surface area contributed by atoms with E-state index >= 15 is 0 Å². The van der Waals surface area contributed by atoms with Crippen LogP contribution < -0.4 is 10.1 Å². The monoisotopic (exact) mass is 972 g/mol. The molecular weight excluding hydrogens is 908 g/mol. The molecule has 0 saturated heterocycles. The number of fused-ring (bicyclic) bond motifs is 1. The molecule has 1 aromatic heterocycles. The van der Waals surface area contributed by atoms with Crippen LogP contribution in [-0.2, 0) is 25.7 Å². The molecule has 1 aliphatic heterocycles. The zero-order valence-corrected chi connectivity index (χ0v) is 42.9. The van der Waals surface area contributed by atoms with E-state index in [1.165, 1.54) is 0 Å². The number of aryl methyl sites for hydroxylation is 1. The van der Waals surface area contributed by atoms with E-state index in [9.17, 15) is 24.3 Å². The molecule has 69 heavy (non-hydrogen) atoms. The molecule has 2 N–H and O–H groups in total. The van der Waals surface area contributed by atoms with Crippen LogP contribution in [0, 0.1) is 53.4 Å². The number of aromatic nitrogens is 1. The minimum Gasteiger partial charge on any atom is -0.489 e. The SMILES string of the molecule is [C-]#[N+]c1ccc(OC2C(C)(C)C(N3Cc4ccc(C#CCCCCOCC(=O)N[C@H](C(=O)C5CC(O)C[C@H]5C(=O)C[C@@H](C)c5ccc(-c6scnc6C)cc5)C(C)(C)C)cc4C3=O)C2(C)C)cc1Cl. The average Bonchev–Trinajstić information content (AvgIpc) is 4.00. The van der Waals surface area contributed by atoms with Crippen molar-refractivity contribution < 1.29 is 33.8 Å². The van der Waals surface area contributed by atoms with Gasteiger partial charge in [0.25, 0.3) is 5.91 Å². The minimum absolute atomic E-state index is 0.0134. The highest BCUT2D eigenvalue weighted by atomic mass is 35.5. The average molecular weight is 974 g/mol. The summed E-state index contributed by atoms with van der Waals surface area (Å²) in [4.78, 5) is 66.0. The quantitative estimate of drug-likeness (QED) is 0.0606. The van der Waals surface area contributed by atoms with Crippen molar-refractivity contribution in [3.8, 4) is 28.0 Å². The highest BCUT2D eigenvalue weighted by Gasteiger charge is 2.67. The maximum Gasteiger partial charge on any atom is 0.254 e. The number of hydrogen-bond acceptors (Lipinski definition) is 9. The number of halogens is 1. The standard InChI is InChI=1S/C56H65ClN4O7S/c1-33(36-18-20-37(21-19-36)49-34(2)59-32-69-49)25-46(63)42-27-39(62)28-43(42)48(65)50(54(3,4)5)60-47(64)31-67-24-14-12-11-13-15-35-16-17-38-30-61(51(66)41(38)26-35)52-55(6,7)53(56(52,8)9)68-40-22-23-45(58-10)44(57)29-40/h16-23,26,29,32-33,39,42-43,50,52-53,62H,11-12,14,24-25,27-28,30-31H2,1-9H3,(H,60,64)/t33-,39?,42-,43?,50-,52?,53?/m1/s1. The number of nitrogens with zero attached hydrogens (tertiary/aromatic N) is 3. The van der Waals surface area contributed by atoms with Crippen molar-refractivity contribution in [2.45, 2.75) is 138 Å². The molecule has 3 aliphatic rings. The number of aliphatic hydroxyl groups excluding tert-OH is 1. The number of benzene rings is 3. The maximum atomic E-state index is 14.2. The van der Waals surface area contributed by atoms with Crippen molar-refractivity contribution in [2.24, 2.45) is 28.1 Å². The second kappa shape index (κ2) is 20.9. The summed E-state index contributed by atoms with van der Waals surface area (Å²) in [6.45, 7) is 26.1. The Bertz CT molecular complexity index is 2670. The second-order valence-electron chi connectivity index (χ2n) is 21.5. The maximum absolute atomic E-state index is 14.2. The van der Waals surface area contributed by atoms with Gasteiger partial charge in [0, 0.05) is 65.8 Å². The molecule has 0 spiro atoms. The van der Waals surface area contributed by atoms with Crippen molar-refractivity contribution in [2.75, 3.05) is 13.2 Å². The van der Waals surface area contributed by atoms with Gasteiger partial charge in [-0.15, -0.1) is 11.3 Å². The predicted octanol–water partition coefficient (Wildman–Crippen LogP) is 10.9. The first-order valence-electron chi connectivity index (χ1n) is 24.0. The number of amides is 2. The Kier molecular flexibility index (Phi) is 15.6. The Morgan fingerprint density at radius 3 is 2.39 bits per heavy atom. The lowest BCUT2D eigenvalue weighted by Crippen LogP contribution is -2.74. The van der Waals surface area contributed by atoms with Gasteiger partial charge in [-0.1, -0.05) is 115 Å². The Morgan fingerprint density at radius 1 is 1.03 bits per heavy atom. The number of unbranched alkanes of at least 4 members (excludes halogenated alkanes) is 2. The molecule has 0 radical (unpaired) electrons. The minimum atomic E-state index is -0.863. The molecule has 2 heterocycles. The van der Waals surface area contributed by atoms with Crippen molar-refractivity contribution in [3.63, 3.8) is 0 Å². The van der Waals surface area contributed by atoms with E-state index in [0.717, 1.165) is 39.2 Å². The predicted molar refractivity (Wildman–Crippen MR) is 270 cm³/mol. The Balaban J connectivity index is 0.850. The zero-order chi connectivity index (χ0) is 50.0. The van der Waals surface area contributed by atoms with Crippen LogP contribution in [0.15, 0.2) is 66.2 Å². The number of aliphatic hydroxyl groups is 1. The smallest absolute Gasteiger partial charge is 0.254 e. The summed E-state index contributed by atoms with van der Waals surface area (Å²) in [5.41, 5.74) is 6.35. The number of rotatable bonds is 17. The third kappa shape index (κ3) is 11.2. The molecule has 4 aromatic rings. The largest absolute Gasteiger partial charge is 0.489 e. The topological polar surface area (TPSA) is 139 Å². The number of nitrogens with one attached hydrogen (secondary N) is 1. The molecule has 7 rings (SSSR count). The van der Waals surface area contributed by atoms with Gasteiger partial charge < -0.3 is 24.8 Å². The fourth-order valence-corrected chi connectivity index (χ4v) is 12.3.